The molecule has 1 amide bonds. The van der Waals surface area contributed by atoms with E-state index in [2.05, 4.69) is 38.2 Å². The number of hydrogen-bond donors (Lipinski definition) is 6. The second-order valence-electron chi connectivity index (χ2n) is 25.3. The van der Waals surface area contributed by atoms with E-state index >= 15 is 0 Å². The molecule has 8 unspecified atom stereocenters. The van der Waals surface area contributed by atoms with Crippen LogP contribution in [0.15, 0.2) is 24.3 Å². The average Bonchev–Trinajstić information content (AvgIpc) is 3.52. The van der Waals surface area contributed by atoms with Gasteiger partial charge in [-0.25, -0.2) is 0 Å². The predicted octanol–water partition coefficient (Wildman–Crippen LogP) is 18.4. The third-order valence-electron chi connectivity index (χ3n) is 17.4. The second kappa shape index (κ2) is 60.4. The molecule has 1 aliphatic rings. The van der Waals surface area contributed by atoms with E-state index in [-0.39, 0.29) is 13.0 Å². The van der Waals surface area contributed by atoms with Crippen LogP contribution in [0, 0.1) is 0 Å². The van der Waals surface area contributed by atoms with Crippen LogP contribution in [-0.4, -0.2) is 99.6 Å². The van der Waals surface area contributed by atoms with Crippen LogP contribution >= 0.6 is 0 Å². The van der Waals surface area contributed by atoms with Crippen LogP contribution in [0.4, 0.5) is 0 Å². The van der Waals surface area contributed by atoms with Crippen LogP contribution in [-0.2, 0) is 23.8 Å². The molecule has 0 aromatic heterocycles. The Hall–Kier alpha value is -1.86. The zero-order valence-electron chi connectivity index (χ0n) is 54.6. The van der Waals surface area contributed by atoms with Gasteiger partial charge in [-0.2, -0.15) is 0 Å². The van der Waals surface area contributed by atoms with Crippen molar-refractivity contribution in [3.63, 3.8) is 0 Å². The number of carbonyl (C=O) groups is 2. The smallest absolute Gasteiger partial charge is 0.306 e. The summed E-state index contributed by atoms with van der Waals surface area (Å²) >= 11 is 0. The van der Waals surface area contributed by atoms with E-state index in [0.29, 0.717) is 19.3 Å². The first-order valence-corrected chi connectivity index (χ1v) is 36.1. The number of nitrogens with one attached hydrogen (secondary N) is 1. The summed E-state index contributed by atoms with van der Waals surface area (Å²) in [6.45, 7) is 5.84. The first kappa shape index (κ1) is 79.2. The molecular formula is C72H137NO10. The van der Waals surface area contributed by atoms with E-state index in [1.165, 1.54) is 257 Å². The van der Waals surface area contributed by atoms with Crippen molar-refractivity contribution >= 4 is 11.9 Å². The van der Waals surface area contributed by atoms with Crippen molar-refractivity contribution in [3.05, 3.63) is 24.3 Å². The Morgan fingerprint density at radius 2 is 0.795 bits per heavy atom. The predicted molar refractivity (Wildman–Crippen MR) is 348 cm³/mol. The molecule has 0 aliphatic carbocycles. The van der Waals surface area contributed by atoms with E-state index in [9.17, 15) is 35.1 Å². The van der Waals surface area contributed by atoms with E-state index in [0.717, 1.165) is 57.8 Å². The normalized spacial score (nSPS) is 18.6. The van der Waals surface area contributed by atoms with Gasteiger partial charge in [0.1, 0.15) is 24.4 Å². The Balaban J connectivity index is 2.54. The maximum Gasteiger partial charge on any atom is 0.306 e. The summed E-state index contributed by atoms with van der Waals surface area (Å²) in [6, 6.07) is -1.02. The average molecular weight is 1180 g/mol. The van der Waals surface area contributed by atoms with Crippen molar-refractivity contribution in [1.29, 1.82) is 0 Å². The van der Waals surface area contributed by atoms with Gasteiger partial charge in [-0.05, 0) is 51.4 Å². The zero-order valence-corrected chi connectivity index (χ0v) is 54.6. The molecule has 8 atom stereocenters. The summed E-state index contributed by atoms with van der Waals surface area (Å²) in [5.74, 6) is -1.17. The highest BCUT2D eigenvalue weighted by atomic mass is 16.7. The molecule has 0 spiro atoms. The van der Waals surface area contributed by atoms with Crippen molar-refractivity contribution in [2.45, 2.75) is 410 Å². The summed E-state index contributed by atoms with van der Waals surface area (Å²) in [4.78, 5) is 26.7. The van der Waals surface area contributed by atoms with Gasteiger partial charge in [-0.3, -0.25) is 9.59 Å². The number of ether oxygens (including phenoxy) is 3. The van der Waals surface area contributed by atoms with Crippen molar-refractivity contribution in [2.24, 2.45) is 0 Å². The number of aliphatic hydroxyl groups is 5. The summed E-state index contributed by atoms with van der Waals surface area (Å²) < 4.78 is 17.7. The van der Waals surface area contributed by atoms with Gasteiger partial charge < -0.3 is 45.1 Å². The van der Waals surface area contributed by atoms with Crippen molar-refractivity contribution in [3.8, 4) is 0 Å². The minimum atomic E-state index is -1.61. The Bertz CT molecular complexity index is 1450. The van der Waals surface area contributed by atoms with Crippen LogP contribution in [0.2, 0.25) is 0 Å². The second-order valence-corrected chi connectivity index (χ2v) is 25.3. The molecule has 1 fully saturated rings. The fourth-order valence-electron chi connectivity index (χ4n) is 11.7. The fourth-order valence-corrected chi connectivity index (χ4v) is 11.7. The lowest BCUT2D eigenvalue weighted by Gasteiger charge is -2.41. The molecule has 1 aliphatic heterocycles. The molecule has 490 valence electrons. The third-order valence-corrected chi connectivity index (χ3v) is 17.4. The van der Waals surface area contributed by atoms with Crippen LogP contribution in [0.3, 0.4) is 0 Å². The quantitative estimate of drug-likeness (QED) is 0.0195. The van der Waals surface area contributed by atoms with Crippen molar-refractivity contribution < 1.29 is 49.3 Å². The highest BCUT2D eigenvalue weighted by molar-refractivity contribution is 5.80. The topological polar surface area (TPSA) is 175 Å². The highest BCUT2D eigenvalue weighted by Crippen LogP contribution is 2.26. The molecule has 6 N–H and O–H groups in total. The molecule has 1 saturated heterocycles. The minimum absolute atomic E-state index is 0.131. The SMILES string of the molecule is CCCCCCCC/C=C/CCCCCCCCCCCCCCC(O)C(=O)NC(COC1OC(CO)C(O)C(O)C1OC(=O)CCCCCCCCCCCCCCCCCCCCCCC)C(O)/C=C/CCCCCCCCCCC. The lowest BCUT2D eigenvalue weighted by atomic mass is 9.99. The van der Waals surface area contributed by atoms with Gasteiger partial charge in [0.05, 0.1) is 25.4 Å². The Kier molecular flexibility index (Phi) is 57.6. The van der Waals surface area contributed by atoms with Gasteiger partial charge >= 0.3 is 5.97 Å². The molecule has 0 aromatic carbocycles. The molecule has 11 nitrogen and oxygen atoms in total. The lowest BCUT2D eigenvalue weighted by molar-refractivity contribution is -0.305. The van der Waals surface area contributed by atoms with E-state index in [4.69, 9.17) is 14.2 Å². The molecule has 0 bridgehead atoms. The van der Waals surface area contributed by atoms with Gasteiger partial charge in [0.25, 0.3) is 0 Å². The number of allylic oxidation sites excluding steroid dienone is 3. The molecule has 0 radical (unpaired) electrons. The van der Waals surface area contributed by atoms with E-state index in [1.807, 2.05) is 6.08 Å². The van der Waals surface area contributed by atoms with Gasteiger partial charge in [-0.1, -0.05) is 328 Å². The van der Waals surface area contributed by atoms with Gasteiger partial charge in [0.15, 0.2) is 12.4 Å². The van der Waals surface area contributed by atoms with Crippen molar-refractivity contribution in [1.82, 2.24) is 5.32 Å². The molecule has 1 rings (SSSR count). The molecular weight excluding hydrogens is 1040 g/mol. The summed E-state index contributed by atoms with van der Waals surface area (Å²) in [7, 11) is 0. The maximum atomic E-state index is 13.5. The summed E-state index contributed by atoms with van der Waals surface area (Å²) in [5.41, 5.74) is 0. The zero-order chi connectivity index (χ0) is 60.3. The Labute approximate surface area is 511 Å². The number of unbranched alkanes of at least 4 members (excludes halogenated alkanes) is 47. The Morgan fingerprint density at radius 1 is 0.458 bits per heavy atom. The number of amides is 1. The first-order chi connectivity index (χ1) is 40.7. The van der Waals surface area contributed by atoms with Gasteiger partial charge in [-0.15, -0.1) is 0 Å². The van der Waals surface area contributed by atoms with E-state index < -0.39 is 67.4 Å². The molecule has 1 heterocycles. The first-order valence-electron chi connectivity index (χ1n) is 36.1. The fraction of sp³-hybridized carbons (Fsp3) is 0.917. The van der Waals surface area contributed by atoms with Crippen molar-refractivity contribution in [2.75, 3.05) is 13.2 Å². The molecule has 0 saturated carbocycles. The van der Waals surface area contributed by atoms with Crippen LogP contribution in [0.5, 0.6) is 0 Å². The lowest BCUT2D eigenvalue weighted by Crippen LogP contribution is -2.61. The standard InChI is InChI=1S/C72H137NO10/c1-4-7-10-13-16-19-22-24-26-28-30-32-34-35-37-39-41-44-47-50-53-56-59-65(76)71(80)73-63(64(75)58-55-52-49-46-43-21-18-15-12-9-6-3)62-81-72-70(69(79)68(78)66(61-74)82-72)83-67(77)60-57-54-51-48-45-42-40-38-36-33-31-29-27-25-23-20-17-14-11-8-5-2/h24,26,55,58,63-66,68-70,72,74-76,78-79H,4-23,25,27-54,56-57,59-62H2,1-3H3,(H,73,80)/b26-24+,58-55+. The van der Waals surface area contributed by atoms with Gasteiger partial charge in [0.2, 0.25) is 5.91 Å². The summed E-state index contributed by atoms with van der Waals surface area (Å²) in [6.07, 6.45) is 62.3. The van der Waals surface area contributed by atoms with Crippen LogP contribution in [0.25, 0.3) is 0 Å². The molecule has 11 heteroatoms. The van der Waals surface area contributed by atoms with Crippen LogP contribution in [0.1, 0.15) is 361 Å². The number of hydrogen-bond acceptors (Lipinski definition) is 10. The monoisotopic (exact) mass is 1180 g/mol. The molecule has 0 aromatic rings. The largest absolute Gasteiger partial charge is 0.454 e. The summed E-state index contributed by atoms with van der Waals surface area (Å²) in [5, 5.41) is 57.2. The minimum Gasteiger partial charge on any atom is -0.454 e. The Morgan fingerprint density at radius 3 is 1.17 bits per heavy atom. The van der Waals surface area contributed by atoms with E-state index in [1.54, 1.807) is 6.08 Å². The maximum absolute atomic E-state index is 13.5. The number of rotatable bonds is 63. The molecule has 83 heavy (non-hydrogen) atoms. The number of esters is 1. The van der Waals surface area contributed by atoms with Gasteiger partial charge in [0, 0.05) is 6.42 Å². The van der Waals surface area contributed by atoms with Crippen LogP contribution < -0.4 is 5.32 Å². The third kappa shape index (κ3) is 47.8. The highest BCUT2D eigenvalue weighted by Gasteiger charge is 2.47. The number of carbonyl (C=O) groups excluding carboxylic acids is 2. The number of aliphatic hydroxyl groups excluding tert-OH is 5.